The Morgan fingerprint density at radius 3 is 2.81 bits per heavy atom. The van der Waals surface area contributed by atoms with Crippen molar-refractivity contribution in [2.45, 2.75) is 38.1 Å². The molecule has 5 heteroatoms. The van der Waals surface area contributed by atoms with E-state index in [2.05, 4.69) is 51.9 Å². The molecule has 2 aromatic rings. The Hall–Kier alpha value is -1.85. The number of ether oxygens (including phenoxy) is 1. The fraction of sp³-hybridized carbons (Fsp3) is 0.591. The zero-order valence-electron chi connectivity index (χ0n) is 16.4. The smallest absolute Gasteiger partial charge is 0.227 e. The Morgan fingerprint density at radius 2 is 1.96 bits per heavy atom. The molecule has 0 spiro atoms. The number of fused-ring (bicyclic) bond motifs is 1. The second-order valence-corrected chi connectivity index (χ2v) is 7.94. The molecule has 2 saturated heterocycles. The number of hydrogen-bond donors (Lipinski definition) is 0. The van der Waals surface area contributed by atoms with E-state index in [0.29, 0.717) is 12.5 Å². The molecule has 2 fully saturated rings. The number of nitrogens with zero attached hydrogens (tertiary/aromatic N) is 3. The average Bonchev–Trinajstić information content (AvgIpc) is 3.03. The molecule has 2 aliphatic rings. The van der Waals surface area contributed by atoms with Crippen LogP contribution in [0.15, 0.2) is 30.5 Å². The SMILES string of the molecule is Cn1cc(CC(=O)N2CCCC[C@@H]2CCN2CCOCC2)c2ccccc21. The summed E-state index contributed by atoms with van der Waals surface area (Å²) in [7, 11) is 2.06. The quantitative estimate of drug-likeness (QED) is 0.813. The van der Waals surface area contributed by atoms with Crippen LogP contribution in [0, 0.1) is 0 Å². The van der Waals surface area contributed by atoms with Crippen LogP contribution in [0.3, 0.4) is 0 Å². The standard InChI is InChI=1S/C22H31N3O2/c1-23-17-18(20-7-2-3-8-21(20)23)16-22(26)25-10-5-4-6-19(25)9-11-24-12-14-27-15-13-24/h2-3,7-8,17,19H,4-6,9-16H2,1H3/t19-/m1/s1. The molecule has 0 bridgehead atoms. The molecule has 1 atom stereocenters. The van der Waals surface area contributed by atoms with E-state index < -0.39 is 0 Å². The summed E-state index contributed by atoms with van der Waals surface area (Å²) in [5, 5.41) is 1.20. The maximum Gasteiger partial charge on any atom is 0.227 e. The molecule has 4 rings (SSSR count). The lowest BCUT2D eigenvalue weighted by Crippen LogP contribution is -2.46. The highest BCUT2D eigenvalue weighted by molar-refractivity contribution is 5.89. The summed E-state index contributed by atoms with van der Waals surface area (Å²) in [6.45, 7) is 5.72. The maximum absolute atomic E-state index is 13.2. The minimum atomic E-state index is 0.290. The molecule has 0 saturated carbocycles. The van der Waals surface area contributed by atoms with Crippen molar-refractivity contribution in [2.24, 2.45) is 7.05 Å². The summed E-state index contributed by atoms with van der Waals surface area (Å²) >= 11 is 0. The van der Waals surface area contributed by atoms with Crippen molar-refractivity contribution in [1.82, 2.24) is 14.4 Å². The van der Waals surface area contributed by atoms with Crippen LogP contribution in [0.4, 0.5) is 0 Å². The number of likely N-dealkylation sites (tertiary alicyclic amines) is 1. The third kappa shape index (κ3) is 4.19. The van der Waals surface area contributed by atoms with Crippen molar-refractivity contribution in [3.8, 4) is 0 Å². The van der Waals surface area contributed by atoms with Gasteiger partial charge < -0.3 is 14.2 Å². The number of hydrogen-bond acceptors (Lipinski definition) is 3. The number of carbonyl (C=O) groups is 1. The van der Waals surface area contributed by atoms with Crippen LogP contribution in [0.25, 0.3) is 10.9 Å². The Labute approximate surface area is 161 Å². The first kappa shape index (κ1) is 18.5. The summed E-state index contributed by atoms with van der Waals surface area (Å²) in [6, 6.07) is 8.76. The molecule has 0 aliphatic carbocycles. The van der Waals surface area contributed by atoms with E-state index in [9.17, 15) is 4.79 Å². The van der Waals surface area contributed by atoms with Gasteiger partial charge in [-0.15, -0.1) is 0 Å². The van der Waals surface area contributed by atoms with Crippen molar-refractivity contribution >= 4 is 16.8 Å². The van der Waals surface area contributed by atoms with Crippen molar-refractivity contribution in [2.75, 3.05) is 39.4 Å². The summed E-state index contributed by atoms with van der Waals surface area (Å²) in [5.74, 6) is 0.290. The van der Waals surface area contributed by atoms with Gasteiger partial charge in [0.25, 0.3) is 0 Å². The van der Waals surface area contributed by atoms with E-state index in [1.54, 1.807) is 0 Å². The van der Waals surface area contributed by atoms with Crippen LogP contribution in [0.2, 0.25) is 0 Å². The van der Waals surface area contributed by atoms with Gasteiger partial charge in [0.1, 0.15) is 0 Å². The maximum atomic E-state index is 13.2. The van der Waals surface area contributed by atoms with Crippen molar-refractivity contribution in [3.05, 3.63) is 36.0 Å². The summed E-state index contributed by atoms with van der Waals surface area (Å²) < 4.78 is 7.58. The molecule has 5 nitrogen and oxygen atoms in total. The van der Waals surface area contributed by atoms with E-state index in [0.717, 1.165) is 64.2 Å². The molecular formula is C22H31N3O2. The Balaban J connectivity index is 1.42. The number of benzene rings is 1. The van der Waals surface area contributed by atoms with Gasteiger partial charge in [-0.05, 0) is 37.3 Å². The van der Waals surface area contributed by atoms with Crippen molar-refractivity contribution < 1.29 is 9.53 Å². The molecule has 0 N–H and O–H groups in total. The number of rotatable bonds is 5. The molecule has 1 aromatic heterocycles. The fourth-order valence-electron chi connectivity index (χ4n) is 4.62. The van der Waals surface area contributed by atoms with Gasteiger partial charge in [-0.3, -0.25) is 9.69 Å². The first-order chi connectivity index (χ1) is 13.2. The summed E-state index contributed by atoms with van der Waals surface area (Å²) in [5.41, 5.74) is 2.35. The van der Waals surface area contributed by atoms with Gasteiger partial charge in [0.2, 0.25) is 5.91 Å². The van der Waals surface area contributed by atoms with Gasteiger partial charge in [-0.1, -0.05) is 18.2 Å². The van der Waals surface area contributed by atoms with Crippen molar-refractivity contribution in [3.63, 3.8) is 0 Å². The van der Waals surface area contributed by atoms with Gasteiger partial charge in [0, 0.05) is 56.4 Å². The van der Waals surface area contributed by atoms with E-state index in [1.165, 1.54) is 17.3 Å². The van der Waals surface area contributed by atoms with Gasteiger partial charge in [0.15, 0.2) is 0 Å². The second kappa shape index (κ2) is 8.44. The molecule has 0 unspecified atom stereocenters. The number of aryl methyl sites for hydroxylation is 1. The Kier molecular flexibility index (Phi) is 5.79. The van der Waals surface area contributed by atoms with Crippen LogP contribution >= 0.6 is 0 Å². The lowest BCUT2D eigenvalue weighted by Gasteiger charge is -2.37. The number of piperidine rings is 1. The normalized spacial score (nSPS) is 21.7. The summed E-state index contributed by atoms with van der Waals surface area (Å²) in [6.07, 6.45) is 7.23. The lowest BCUT2D eigenvalue weighted by atomic mass is 9.97. The summed E-state index contributed by atoms with van der Waals surface area (Å²) in [4.78, 5) is 17.8. The molecule has 146 valence electrons. The Morgan fingerprint density at radius 1 is 1.15 bits per heavy atom. The number of amides is 1. The van der Waals surface area contributed by atoms with Crippen LogP contribution in [-0.4, -0.2) is 65.7 Å². The third-order valence-electron chi connectivity index (χ3n) is 6.15. The molecule has 0 radical (unpaired) electrons. The molecule has 3 heterocycles. The van der Waals surface area contributed by atoms with E-state index in [1.807, 2.05) is 0 Å². The number of carbonyl (C=O) groups excluding carboxylic acids is 1. The second-order valence-electron chi connectivity index (χ2n) is 7.94. The molecule has 27 heavy (non-hydrogen) atoms. The highest BCUT2D eigenvalue weighted by Crippen LogP contribution is 2.24. The lowest BCUT2D eigenvalue weighted by molar-refractivity contribution is -0.134. The molecule has 1 aromatic carbocycles. The first-order valence-corrected chi connectivity index (χ1v) is 10.3. The number of morpholine rings is 1. The van der Waals surface area contributed by atoms with Gasteiger partial charge >= 0.3 is 0 Å². The van der Waals surface area contributed by atoms with Gasteiger partial charge in [-0.2, -0.15) is 0 Å². The minimum absolute atomic E-state index is 0.290. The Bertz CT molecular complexity index is 779. The van der Waals surface area contributed by atoms with Crippen molar-refractivity contribution in [1.29, 1.82) is 0 Å². The van der Waals surface area contributed by atoms with E-state index in [4.69, 9.17) is 4.74 Å². The first-order valence-electron chi connectivity index (χ1n) is 10.3. The monoisotopic (exact) mass is 369 g/mol. The van der Waals surface area contributed by atoms with Crippen LogP contribution in [0.5, 0.6) is 0 Å². The highest BCUT2D eigenvalue weighted by atomic mass is 16.5. The fourth-order valence-corrected chi connectivity index (χ4v) is 4.62. The minimum Gasteiger partial charge on any atom is -0.379 e. The van der Waals surface area contributed by atoms with E-state index >= 15 is 0 Å². The molecule has 1 amide bonds. The van der Waals surface area contributed by atoms with Gasteiger partial charge in [0.05, 0.1) is 19.6 Å². The topological polar surface area (TPSA) is 37.7 Å². The predicted molar refractivity (Wildman–Crippen MR) is 108 cm³/mol. The third-order valence-corrected chi connectivity index (χ3v) is 6.15. The van der Waals surface area contributed by atoms with Crippen LogP contribution in [-0.2, 0) is 23.0 Å². The van der Waals surface area contributed by atoms with Crippen LogP contribution in [0.1, 0.15) is 31.2 Å². The zero-order valence-corrected chi connectivity index (χ0v) is 16.4. The van der Waals surface area contributed by atoms with Gasteiger partial charge in [-0.25, -0.2) is 0 Å². The van der Waals surface area contributed by atoms with Crippen LogP contribution < -0.4 is 0 Å². The average molecular weight is 370 g/mol. The largest absolute Gasteiger partial charge is 0.379 e. The highest BCUT2D eigenvalue weighted by Gasteiger charge is 2.27. The number of para-hydroxylation sites is 1. The predicted octanol–water partition coefficient (Wildman–Crippen LogP) is 2.82. The molecular weight excluding hydrogens is 338 g/mol. The number of aromatic nitrogens is 1. The molecule has 2 aliphatic heterocycles. The zero-order chi connectivity index (χ0) is 18.6. The van der Waals surface area contributed by atoms with E-state index in [-0.39, 0.29) is 5.91 Å².